The second-order valence-electron chi connectivity index (χ2n) is 3.48. The number of hydrogen-bond donors (Lipinski definition) is 2. The quantitative estimate of drug-likeness (QED) is 0.278. The van der Waals surface area contributed by atoms with Gasteiger partial charge in [0.25, 0.3) is 0 Å². The van der Waals surface area contributed by atoms with Crippen LogP contribution in [0.3, 0.4) is 0 Å². The molecule has 0 aliphatic heterocycles. The maximum Gasteiger partial charge on any atom is 0.208 e. The first-order valence-corrected chi connectivity index (χ1v) is 4.98. The fourth-order valence-corrected chi connectivity index (χ4v) is 1.21. The monoisotopic (exact) mass is 201 g/mol. The molecule has 0 aliphatic rings. The Morgan fingerprint density at radius 3 is 2.29 bits per heavy atom. The molecule has 0 saturated heterocycles. The third kappa shape index (κ3) is 5.04. The first-order chi connectivity index (χ1) is 6.65. The Hall–Kier alpha value is -0.810. The third-order valence-corrected chi connectivity index (χ3v) is 1.95. The van der Waals surface area contributed by atoms with Crippen LogP contribution < -0.4 is 11.3 Å². The normalized spacial score (nSPS) is 12.0. The van der Waals surface area contributed by atoms with E-state index >= 15 is 0 Å². The number of nitrogens with one attached hydrogen (secondary N) is 1. The van der Waals surface area contributed by atoms with Crippen LogP contribution in [-0.4, -0.2) is 56.5 Å². The summed E-state index contributed by atoms with van der Waals surface area (Å²) in [5, 5.41) is 0. The molecule has 0 spiro atoms. The van der Waals surface area contributed by atoms with Crippen molar-refractivity contribution >= 4 is 5.96 Å². The lowest BCUT2D eigenvalue weighted by Crippen LogP contribution is -2.47. The molecule has 0 fully saturated rings. The molecule has 0 rings (SSSR count). The molecule has 5 heteroatoms. The van der Waals surface area contributed by atoms with Gasteiger partial charge in [-0.05, 0) is 20.5 Å². The van der Waals surface area contributed by atoms with Crippen LogP contribution in [0.15, 0.2) is 4.99 Å². The SMILES string of the molecule is CCCN(CCN(C)C)C(=NC)NN. The first-order valence-electron chi connectivity index (χ1n) is 4.98. The average Bonchev–Trinajstić information content (AvgIpc) is 2.15. The van der Waals surface area contributed by atoms with Gasteiger partial charge in [-0.15, -0.1) is 0 Å². The van der Waals surface area contributed by atoms with Crippen molar-refractivity contribution in [1.29, 1.82) is 0 Å². The van der Waals surface area contributed by atoms with Crippen molar-refractivity contribution in [2.24, 2.45) is 10.8 Å². The summed E-state index contributed by atoms with van der Waals surface area (Å²) in [6.07, 6.45) is 1.09. The Balaban J connectivity index is 4.13. The summed E-state index contributed by atoms with van der Waals surface area (Å²) in [6, 6.07) is 0. The Morgan fingerprint density at radius 1 is 1.29 bits per heavy atom. The predicted molar refractivity (Wildman–Crippen MR) is 61.1 cm³/mol. The van der Waals surface area contributed by atoms with Gasteiger partial charge in [0.05, 0.1) is 0 Å². The minimum absolute atomic E-state index is 0.758. The number of hydrogen-bond acceptors (Lipinski definition) is 3. The molecule has 0 aromatic carbocycles. The summed E-state index contributed by atoms with van der Waals surface area (Å²) in [6.45, 7) is 5.07. The summed E-state index contributed by atoms with van der Waals surface area (Å²) in [5.41, 5.74) is 2.62. The van der Waals surface area contributed by atoms with E-state index in [9.17, 15) is 0 Å². The lowest BCUT2D eigenvalue weighted by Gasteiger charge is -2.26. The topological polar surface area (TPSA) is 56.9 Å². The van der Waals surface area contributed by atoms with Crippen LogP contribution in [0, 0.1) is 0 Å². The van der Waals surface area contributed by atoms with Gasteiger partial charge in [0, 0.05) is 26.7 Å². The van der Waals surface area contributed by atoms with Crippen LogP contribution in [-0.2, 0) is 0 Å². The molecule has 0 radical (unpaired) electrons. The molecule has 0 bridgehead atoms. The zero-order valence-electron chi connectivity index (χ0n) is 9.75. The minimum Gasteiger partial charge on any atom is -0.341 e. The lowest BCUT2D eigenvalue weighted by atomic mass is 10.4. The van der Waals surface area contributed by atoms with Gasteiger partial charge in [-0.3, -0.25) is 10.4 Å². The number of hydrazine groups is 1. The van der Waals surface area contributed by atoms with E-state index in [1.165, 1.54) is 0 Å². The highest BCUT2D eigenvalue weighted by Gasteiger charge is 2.07. The maximum absolute atomic E-state index is 5.38. The Labute approximate surface area is 86.9 Å². The van der Waals surface area contributed by atoms with Crippen molar-refractivity contribution in [2.75, 3.05) is 40.8 Å². The number of nitrogens with zero attached hydrogens (tertiary/aromatic N) is 3. The highest BCUT2D eigenvalue weighted by atomic mass is 15.4. The smallest absolute Gasteiger partial charge is 0.208 e. The van der Waals surface area contributed by atoms with E-state index in [-0.39, 0.29) is 0 Å². The second kappa shape index (κ2) is 7.58. The molecule has 0 unspecified atom stereocenters. The number of guanidine groups is 1. The van der Waals surface area contributed by atoms with Gasteiger partial charge < -0.3 is 9.80 Å². The zero-order chi connectivity index (χ0) is 11.0. The molecule has 0 aromatic heterocycles. The summed E-state index contributed by atoms with van der Waals surface area (Å²) < 4.78 is 0. The summed E-state index contributed by atoms with van der Waals surface area (Å²) >= 11 is 0. The molecule has 0 aliphatic carbocycles. The largest absolute Gasteiger partial charge is 0.341 e. The van der Waals surface area contributed by atoms with E-state index in [1.807, 2.05) is 0 Å². The van der Waals surface area contributed by atoms with Gasteiger partial charge in [-0.1, -0.05) is 6.92 Å². The van der Waals surface area contributed by atoms with Crippen molar-refractivity contribution in [3.63, 3.8) is 0 Å². The fourth-order valence-electron chi connectivity index (χ4n) is 1.21. The number of nitrogens with two attached hydrogens (primary N) is 1. The Bertz CT molecular complexity index is 167. The standard InChI is InChI=1S/C9H23N5/c1-5-6-14(8-7-13(3)4)9(11-2)12-10/h5-8,10H2,1-4H3,(H,11,12). The molecular weight excluding hydrogens is 178 g/mol. The fraction of sp³-hybridized carbons (Fsp3) is 0.889. The van der Waals surface area contributed by atoms with Crippen molar-refractivity contribution in [2.45, 2.75) is 13.3 Å². The van der Waals surface area contributed by atoms with Crippen LogP contribution in [0.2, 0.25) is 0 Å². The molecule has 0 saturated carbocycles. The van der Waals surface area contributed by atoms with E-state index in [0.29, 0.717) is 0 Å². The summed E-state index contributed by atoms with van der Waals surface area (Å²) in [7, 11) is 5.86. The molecule has 14 heavy (non-hydrogen) atoms. The van der Waals surface area contributed by atoms with Gasteiger partial charge in [-0.2, -0.15) is 0 Å². The number of aliphatic imine (C=N–C) groups is 1. The average molecular weight is 201 g/mol. The maximum atomic E-state index is 5.38. The predicted octanol–water partition coefficient (Wildman–Crippen LogP) is -0.291. The molecule has 3 N–H and O–H groups in total. The molecule has 5 nitrogen and oxygen atoms in total. The van der Waals surface area contributed by atoms with Gasteiger partial charge in [0.1, 0.15) is 0 Å². The third-order valence-electron chi connectivity index (χ3n) is 1.95. The number of likely N-dealkylation sites (N-methyl/N-ethyl adjacent to an activating group) is 1. The van der Waals surface area contributed by atoms with E-state index in [0.717, 1.165) is 32.0 Å². The van der Waals surface area contributed by atoms with Crippen LogP contribution in [0.1, 0.15) is 13.3 Å². The van der Waals surface area contributed by atoms with Crippen molar-refractivity contribution < 1.29 is 0 Å². The van der Waals surface area contributed by atoms with Gasteiger partial charge in [-0.25, -0.2) is 5.84 Å². The Kier molecular flexibility index (Phi) is 7.14. The van der Waals surface area contributed by atoms with Gasteiger partial charge in [0.15, 0.2) is 0 Å². The molecule has 0 atom stereocenters. The van der Waals surface area contributed by atoms with Crippen LogP contribution in [0.25, 0.3) is 0 Å². The molecule has 0 heterocycles. The van der Waals surface area contributed by atoms with Gasteiger partial charge in [0.2, 0.25) is 5.96 Å². The van der Waals surface area contributed by atoms with Crippen molar-refractivity contribution in [3.05, 3.63) is 0 Å². The lowest BCUT2D eigenvalue weighted by molar-refractivity contribution is 0.323. The van der Waals surface area contributed by atoms with Gasteiger partial charge >= 0.3 is 0 Å². The van der Waals surface area contributed by atoms with Crippen LogP contribution in [0.5, 0.6) is 0 Å². The highest BCUT2D eigenvalue weighted by Crippen LogP contribution is 1.92. The first kappa shape index (κ1) is 13.2. The Morgan fingerprint density at radius 2 is 1.93 bits per heavy atom. The molecule has 0 aromatic rings. The van der Waals surface area contributed by atoms with E-state index < -0.39 is 0 Å². The minimum atomic E-state index is 0.758. The molecular formula is C9H23N5. The van der Waals surface area contributed by atoms with E-state index in [4.69, 9.17) is 5.84 Å². The number of rotatable bonds is 5. The molecule has 84 valence electrons. The van der Waals surface area contributed by atoms with E-state index in [2.05, 4.69) is 41.2 Å². The summed E-state index contributed by atoms with van der Waals surface area (Å²) in [5.74, 6) is 6.14. The highest BCUT2D eigenvalue weighted by molar-refractivity contribution is 5.79. The molecule has 0 amide bonds. The van der Waals surface area contributed by atoms with Crippen molar-refractivity contribution in [3.8, 4) is 0 Å². The van der Waals surface area contributed by atoms with Crippen LogP contribution in [0.4, 0.5) is 0 Å². The second-order valence-corrected chi connectivity index (χ2v) is 3.48. The summed E-state index contributed by atoms with van der Waals surface area (Å²) in [4.78, 5) is 8.39. The van der Waals surface area contributed by atoms with Crippen molar-refractivity contribution in [1.82, 2.24) is 15.2 Å². The van der Waals surface area contributed by atoms with E-state index in [1.54, 1.807) is 7.05 Å². The zero-order valence-corrected chi connectivity index (χ0v) is 9.75. The van der Waals surface area contributed by atoms with Crippen LogP contribution >= 0.6 is 0 Å².